The van der Waals surface area contributed by atoms with Crippen molar-refractivity contribution >= 4 is 28.9 Å². The Balaban J connectivity index is 2.22. The molecule has 1 aromatic heterocycles. The van der Waals surface area contributed by atoms with Crippen LogP contribution in [-0.2, 0) is 0 Å². The predicted molar refractivity (Wildman–Crippen MR) is 72.0 cm³/mol. The van der Waals surface area contributed by atoms with Gasteiger partial charge in [0.2, 0.25) is 0 Å². The van der Waals surface area contributed by atoms with Crippen molar-refractivity contribution < 1.29 is 9.21 Å². The van der Waals surface area contributed by atoms with Crippen LogP contribution in [0.25, 0.3) is 22.1 Å². The van der Waals surface area contributed by atoms with Gasteiger partial charge in [0.05, 0.1) is 6.26 Å². The lowest BCUT2D eigenvalue weighted by Gasteiger charge is -1.99. The van der Waals surface area contributed by atoms with Crippen molar-refractivity contribution in [3.05, 3.63) is 59.3 Å². The summed E-state index contributed by atoms with van der Waals surface area (Å²) in [6.07, 6.45) is 2.53. The number of benzene rings is 2. The molecule has 1 heterocycles. The fraction of sp³-hybridized carbons (Fsp3) is 0. The van der Waals surface area contributed by atoms with Crippen molar-refractivity contribution in [1.29, 1.82) is 0 Å². The third kappa shape index (κ3) is 1.81. The lowest BCUT2D eigenvalue weighted by Crippen LogP contribution is -1.79. The molecule has 2 nitrogen and oxygen atoms in total. The Bertz CT molecular complexity index is 711. The second-order valence-corrected chi connectivity index (χ2v) is 4.47. The number of fused-ring (bicyclic) bond motifs is 1. The van der Waals surface area contributed by atoms with E-state index < -0.39 is 0 Å². The van der Waals surface area contributed by atoms with Gasteiger partial charge in [-0.05, 0) is 35.9 Å². The quantitative estimate of drug-likeness (QED) is 0.629. The molecule has 0 aliphatic carbocycles. The topological polar surface area (TPSA) is 30.2 Å². The van der Waals surface area contributed by atoms with E-state index in [-0.39, 0.29) is 0 Å². The third-order valence-corrected chi connectivity index (χ3v) is 3.14. The molecule has 2 aromatic carbocycles. The first-order valence-corrected chi connectivity index (χ1v) is 5.88. The zero-order chi connectivity index (χ0) is 12.5. The van der Waals surface area contributed by atoms with Crippen molar-refractivity contribution in [3.63, 3.8) is 0 Å². The molecule has 88 valence electrons. The lowest BCUT2D eigenvalue weighted by molar-refractivity contribution is 0.112. The van der Waals surface area contributed by atoms with E-state index in [9.17, 15) is 4.79 Å². The number of hydrogen-bond acceptors (Lipinski definition) is 2. The summed E-state index contributed by atoms with van der Waals surface area (Å²) in [4.78, 5) is 10.8. The number of rotatable bonds is 2. The number of halogens is 1. The summed E-state index contributed by atoms with van der Waals surface area (Å²) in [5.74, 6) is 0. The number of carbonyl (C=O) groups excluding carboxylic acids is 1. The summed E-state index contributed by atoms with van der Waals surface area (Å²) in [6.45, 7) is 0. The van der Waals surface area contributed by atoms with Gasteiger partial charge < -0.3 is 4.42 Å². The molecule has 0 saturated carbocycles. The van der Waals surface area contributed by atoms with Crippen LogP contribution in [0.3, 0.4) is 0 Å². The molecule has 0 N–H and O–H groups in total. The number of aldehydes is 1. The smallest absolute Gasteiger partial charge is 0.150 e. The van der Waals surface area contributed by atoms with Gasteiger partial charge in [-0.25, -0.2) is 0 Å². The van der Waals surface area contributed by atoms with Crippen LogP contribution in [0, 0.1) is 0 Å². The normalized spacial score (nSPS) is 10.7. The first kappa shape index (κ1) is 11.1. The fourth-order valence-corrected chi connectivity index (χ4v) is 2.10. The van der Waals surface area contributed by atoms with Crippen molar-refractivity contribution in [2.24, 2.45) is 0 Å². The van der Waals surface area contributed by atoms with Gasteiger partial charge in [0, 0.05) is 21.5 Å². The van der Waals surface area contributed by atoms with Gasteiger partial charge in [-0.2, -0.15) is 0 Å². The summed E-state index contributed by atoms with van der Waals surface area (Å²) in [7, 11) is 0. The van der Waals surface area contributed by atoms with E-state index in [1.54, 1.807) is 18.4 Å². The van der Waals surface area contributed by atoms with E-state index in [4.69, 9.17) is 16.0 Å². The second kappa shape index (κ2) is 4.31. The van der Waals surface area contributed by atoms with Crippen LogP contribution in [0.2, 0.25) is 5.02 Å². The Morgan fingerprint density at radius 2 is 1.83 bits per heavy atom. The summed E-state index contributed by atoms with van der Waals surface area (Å²) >= 11 is 5.87. The summed E-state index contributed by atoms with van der Waals surface area (Å²) in [6, 6.07) is 12.9. The summed E-state index contributed by atoms with van der Waals surface area (Å²) in [5.41, 5.74) is 3.39. The van der Waals surface area contributed by atoms with Crippen LogP contribution in [0.15, 0.2) is 53.1 Å². The molecule has 0 fully saturated rings. The van der Waals surface area contributed by atoms with Crippen molar-refractivity contribution in [2.45, 2.75) is 0 Å². The molecule has 0 bridgehead atoms. The Hall–Kier alpha value is -2.06. The van der Waals surface area contributed by atoms with Gasteiger partial charge in [-0.1, -0.05) is 23.7 Å². The molecular formula is C15H9ClO2. The second-order valence-electron chi connectivity index (χ2n) is 4.03. The minimum absolute atomic E-state index is 0.638. The average molecular weight is 257 g/mol. The molecule has 3 heteroatoms. The van der Waals surface area contributed by atoms with E-state index in [0.29, 0.717) is 10.6 Å². The summed E-state index contributed by atoms with van der Waals surface area (Å²) < 4.78 is 5.48. The fourth-order valence-electron chi connectivity index (χ4n) is 1.97. The molecule has 0 atom stereocenters. The molecule has 0 spiro atoms. The van der Waals surface area contributed by atoms with Crippen LogP contribution < -0.4 is 0 Å². The van der Waals surface area contributed by atoms with E-state index in [2.05, 4.69) is 0 Å². The maximum absolute atomic E-state index is 10.8. The first-order chi connectivity index (χ1) is 8.78. The highest BCUT2D eigenvalue weighted by atomic mass is 35.5. The molecule has 0 amide bonds. The van der Waals surface area contributed by atoms with Crippen LogP contribution >= 0.6 is 11.6 Å². The molecule has 0 aliphatic rings. The standard InChI is InChI=1S/C15H9ClO2/c16-12-4-2-11(3-5-12)14-9-18-15-6-1-10(8-17)7-13(14)15/h1-9H. The molecule has 3 aromatic rings. The van der Waals surface area contributed by atoms with Gasteiger partial charge in [0.25, 0.3) is 0 Å². The molecule has 18 heavy (non-hydrogen) atoms. The van der Waals surface area contributed by atoms with E-state index >= 15 is 0 Å². The number of hydrogen-bond donors (Lipinski definition) is 0. The molecule has 0 saturated heterocycles. The lowest BCUT2D eigenvalue weighted by atomic mass is 10.0. The van der Waals surface area contributed by atoms with E-state index in [1.165, 1.54) is 0 Å². The number of carbonyl (C=O) groups is 1. The minimum Gasteiger partial charge on any atom is -0.464 e. The molecule has 0 radical (unpaired) electrons. The van der Waals surface area contributed by atoms with Crippen molar-refractivity contribution in [3.8, 4) is 11.1 Å². The maximum Gasteiger partial charge on any atom is 0.150 e. The zero-order valence-electron chi connectivity index (χ0n) is 9.39. The third-order valence-electron chi connectivity index (χ3n) is 2.89. The van der Waals surface area contributed by atoms with Crippen molar-refractivity contribution in [1.82, 2.24) is 0 Å². The molecular weight excluding hydrogens is 248 g/mol. The Labute approximate surface area is 109 Å². The Morgan fingerprint density at radius 1 is 1.06 bits per heavy atom. The molecule has 0 aliphatic heterocycles. The van der Waals surface area contributed by atoms with Crippen molar-refractivity contribution in [2.75, 3.05) is 0 Å². The van der Waals surface area contributed by atoms with Gasteiger partial charge in [0.15, 0.2) is 0 Å². The summed E-state index contributed by atoms with van der Waals surface area (Å²) in [5, 5.41) is 1.63. The SMILES string of the molecule is O=Cc1ccc2occ(-c3ccc(Cl)cc3)c2c1. The zero-order valence-corrected chi connectivity index (χ0v) is 10.1. The minimum atomic E-state index is 0.638. The molecule has 0 unspecified atom stereocenters. The van der Waals surface area contributed by atoms with E-state index in [0.717, 1.165) is 28.4 Å². The van der Waals surface area contributed by atoms with E-state index in [1.807, 2.05) is 30.3 Å². The van der Waals surface area contributed by atoms with Gasteiger partial charge in [0.1, 0.15) is 11.9 Å². The number of furan rings is 1. The van der Waals surface area contributed by atoms with Gasteiger partial charge in [-0.15, -0.1) is 0 Å². The largest absolute Gasteiger partial charge is 0.464 e. The maximum atomic E-state index is 10.8. The Kier molecular flexibility index (Phi) is 2.65. The van der Waals surface area contributed by atoms with Crippen LogP contribution in [0.4, 0.5) is 0 Å². The highest BCUT2D eigenvalue weighted by molar-refractivity contribution is 6.30. The van der Waals surface area contributed by atoms with Crippen LogP contribution in [0.5, 0.6) is 0 Å². The Morgan fingerprint density at radius 3 is 2.56 bits per heavy atom. The predicted octanol–water partition coefficient (Wildman–Crippen LogP) is 4.57. The van der Waals surface area contributed by atoms with Gasteiger partial charge in [-0.3, -0.25) is 4.79 Å². The van der Waals surface area contributed by atoms with Crippen LogP contribution in [0.1, 0.15) is 10.4 Å². The van der Waals surface area contributed by atoms with Crippen LogP contribution in [-0.4, -0.2) is 6.29 Å². The highest BCUT2D eigenvalue weighted by Crippen LogP contribution is 2.31. The monoisotopic (exact) mass is 256 g/mol. The van der Waals surface area contributed by atoms with Gasteiger partial charge >= 0.3 is 0 Å². The molecule has 3 rings (SSSR count). The first-order valence-electron chi connectivity index (χ1n) is 5.50. The highest BCUT2D eigenvalue weighted by Gasteiger charge is 2.08. The average Bonchev–Trinajstić information content (AvgIpc) is 2.82.